The lowest BCUT2D eigenvalue weighted by Gasteiger charge is -2.04. The maximum absolute atomic E-state index is 11.8. The molecule has 2 aromatic rings. The van der Waals surface area contributed by atoms with Crippen molar-refractivity contribution < 1.29 is 4.79 Å². The molecule has 0 aliphatic heterocycles. The van der Waals surface area contributed by atoms with Gasteiger partial charge in [-0.15, -0.1) is 16.8 Å². The highest BCUT2D eigenvalue weighted by Gasteiger charge is 2.07. The Morgan fingerprint density at radius 1 is 1.32 bits per heavy atom. The quantitative estimate of drug-likeness (QED) is 0.545. The van der Waals surface area contributed by atoms with Crippen LogP contribution in [0.25, 0.3) is 0 Å². The third kappa shape index (κ3) is 5.87. The van der Waals surface area contributed by atoms with E-state index in [1.807, 2.05) is 18.2 Å². The van der Waals surface area contributed by atoms with Gasteiger partial charge in [0.05, 0.1) is 5.75 Å². The van der Waals surface area contributed by atoms with Crippen LogP contribution in [0.4, 0.5) is 5.13 Å². The minimum Gasteiger partial charge on any atom is -0.357 e. The summed E-state index contributed by atoms with van der Waals surface area (Å²) < 4.78 is 0.782. The summed E-state index contributed by atoms with van der Waals surface area (Å²) in [6.45, 7) is 4.92. The highest BCUT2D eigenvalue weighted by atomic mass is 32.2. The van der Waals surface area contributed by atoms with Crippen LogP contribution in [0.3, 0.4) is 0 Å². The van der Waals surface area contributed by atoms with Crippen molar-refractivity contribution in [2.45, 2.75) is 10.8 Å². The number of amides is 1. The van der Waals surface area contributed by atoms with Crippen LogP contribution in [0.15, 0.2) is 47.3 Å². The van der Waals surface area contributed by atoms with Crippen LogP contribution in [-0.4, -0.2) is 34.9 Å². The van der Waals surface area contributed by atoms with Crippen LogP contribution in [0.5, 0.6) is 0 Å². The van der Waals surface area contributed by atoms with Gasteiger partial charge in [0.25, 0.3) is 0 Å². The number of rotatable bonds is 9. The Hall–Kier alpha value is -1.86. The van der Waals surface area contributed by atoms with E-state index in [0.29, 0.717) is 18.8 Å². The molecule has 2 N–H and O–H groups in total. The van der Waals surface area contributed by atoms with E-state index in [-0.39, 0.29) is 5.91 Å². The molecule has 0 fully saturated rings. The van der Waals surface area contributed by atoms with Crippen LogP contribution < -0.4 is 10.6 Å². The van der Waals surface area contributed by atoms with Crippen LogP contribution in [0, 0.1) is 0 Å². The molecule has 0 saturated heterocycles. The zero-order valence-electron chi connectivity index (χ0n) is 12.1. The van der Waals surface area contributed by atoms with E-state index in [9.17, 15) is 4.79 Å². The highest BCUT2D eigenvalue weighted by Crippen LogP contribution is 2.24. The van der Waals surface area contributed by atoms with Crippen LogP contribution in [0.2, 0.25) is 0 Å². The second-order valence-corrected chi connectivity index (χ2v) is 6.62. The Balaban J connectivity index is 1.65. The molecule has 0 aliphatic rings. The number of aromatic nitrogens is 2. The van der Waals surface area contributed by atoms with E-state index in [4.69, 9.17) is 0 Å². The van der Waals surface area contributed by atoms with Crippen molar-refractivity contribution in [1.82, 2.24) is 15.5 Å². The van der Waals surface area contributed by atoms with Crippen LogP contribution in [-0.2, 0) is 11.2 Å². The summed E-state index contributed by atoms with van der Waals surface area (Å²) >= 11 is 2.83. The molecule has 0 atom stereocenters. The fraction of sp³-hybridized carbons (Fsp3) is 0.267. The van der Waals surface area contributed by atoms with Gasteiger partial charge < -0.3 is 10.6 Å². The standard InChI is InChI=1S/C15H18N4OS2/c1-2-9-17-14-18-19-15(22-14)21-11-13(20)16-10-8-12-6-4-3-5-7-12/h2-7H,1,8-11H2,(H,16,20)(H,17,18). The van der Waals surface area contributed by atoms with E-state index in [0.717, 1.165) is 15.9 Å². The van der Waals surface area contributed by atoms with Gasteiger partial charge in [0.15, 0.2) is 4.34 Å². The lowest BCUT2D eigenvalue weighted by molar-refractivity contribution is -0.118. The van der Waals surface area contributed by atoms with Crippen LogP contribution in [0.1, 0.15) is 5.56 Å². The average molecular weight is 334 g/mol. The molecule has 0 spiro atoms. The Morgan fingerprint density at radius 2 is 2.14 bits per heavy atom. The first kappa shape index (κ1) is 16.5. The molecular weight excluding hydrogens is 316 g/mol. The van der Waals surface area contributed by atoms with Gasteiger partial charge in [-0.1, -0.05) is 59.5 Å². The number of nitrogens with one attached hydrogen (secondary N) is 2. The van der Waals surface area contributed by atoms with Crippen molar-refractivity contribution in [3.05, 3.63) is 48.6 Å². The average Bonchev–Trinajstić information content (AvgIpc) is 3.00. The minimum absolute atomic E-state index is 0.0109. The molecule has 0 saturated carbocycles. The third-order valence-corrected chi connectivity index (χ3v) is 4.72. The van der Waals surface area contributed by atoms with Crippen molar-refractivity contribution in [3.8, 4) is 0 Å². The molecule has 0 bridgehead atoms. The summed E-state index contributed by atoms with van der Waals surface area (Å²) in [4.78, 5) is 11.8. The Kier molecular flexibility index (Phi) is 6.92. The smallest absolute Gasteiger partial charge is 0.230 e. The van der Waals surface area contributed by atoms with Crippen molar-refractivity contribution in [3.63, 3.8) is 0 Å². The third-order valence-electron chi connectivity index (χ3n) is 2.71. The second-order valence-electron chi connectivity index (χ2n) is 4.42. The van der Waals surface area contributed by atoms with E-state index in [2.05, 4.69) is 39.5 Å². The molecule has 5 nitrogen and oxygen atoms in total. The zero-order valence-corrected chi connectivity index (χ0v) is 13.8. The van der Waals surface area contributed by atoms with Gasteiger partial charge in [-0.05, 0) is 12.0 Å². The molecule has 0 aliphatic carbocycles. The highest BCUT2D eigenvalue weighted by molar-refractivity contribution is 8.01. The van der Waals surface area contributed by atoms with E-state index in [1.165, 1.54) is 28.7 Å². The number of carbonyl (C=O) groups is 1. The summed E-state index contributed by atoms with van der Waals surface area (Å²) in [5, 5.41) is 14.7. The molecular formula is C15H18N4OS2. The van der Waals surface area contributed by atoms with Gasteiger partial charge in [-0.25, -0.2) is 0 Å². The first-order valence-corrected chi connectivity index (χ1v) is 8.70. The number of thioether (sulfide) groups is 1. The maximum atomic E-state index is 11.8. The van der Waals surface area contributed by atoms with Crippen molar-refractivity contribution in [2.75, 3.05) is 24.2 Å². The Labute approximate surface area is 138 Å². The fourth-order valence-electron chi connectivity index (χ4n) is 1.67. The number of benzene rings is 1. The normalized spacial score (nSPS) is 10.2. The summed E-state index contributed by atoms with van der Waals surface area (Å²) in [6, 6.07) is 10.1. The monoisotopic (exact) mass is 334 g/mol. The molecule has 1 heterocycles. The predicted octanol–water partition coefficient (Wildman–Crippen LogP) is 2.59. The van der Waals surface area contributed by atoms with Gasteiger partial charge in [-0.3, -0.25) is 4.79 Å². The molecule has 22 heavy (non-hydrogen) atoms. The van der Waals surface area contributed by atoms with Crippen molar-refractivity contribution >= 4 is 34.1 Å². The predicted molar refractivity (Wildman–Crippen MR) is 92.5 cm³/mol. The first-order chi connectivity index (χ1) is 10.8. The maximum Gasteiger partial charge on any atom is 0.230 e. The van der Waals surface area contributed by atoms with Gasteiger partial charge in [0.2, 0.25) is 11.0 Å². The summed E-state index contributed by atoms with van der Waals surface area (Å²) in [5.74, 6) is 0.363. The summed E-state index contributed by atoms with van der Waals surface area (Å²) in [7, 11) is 0. The van der Waals surface area contributed by atoms with Crippen molar-refractivity contribution in [1.29, 1.82) is 0 Å². The lowest BCUT2D eigenvalue weighted by Crippen LogP contribution is -2.27. The minimum atomic E-state index is 0.0109. The van der Waals surface area contributed by atoms with Crippen molar-refractivity contribution in [2.24, 2.45) is 0 Å². The molecule has 1 aromatic carbocycles. The van der Waals surface area contributed by atoms with E-state index >= 15 is 0 Å². The lowest BCUT2D eigenvalue weighted by atomic mass is 10.1. The zero-order chi connectivity index (χ0) is 15.6. The van der Waals surface area contributed by atoms with E-state index in [1.54, 1.807) is 6.08 Å². The molecule has 7 heteroatoms. The SMILES string of the molecule is C=CCNc1nnc(SCC(=O)NCCc2ccccc2)s1. The van der Waals surface area contributed by atoms with Gasteiger partial charge in [-0.2, -0.15) is 0 Å². The molecule has 116 valence electrons. The largest absolute Gasteiger partial charge is 0.357 e. The number of hydrogen-bond donors (Lipinski definition) is 2. The van der Waals surface area contributed by atoms with E-state index < -0.39 is 0 Å². The second kappa shape index (κ2) is 9.22. The van der Waals surface area contributed by atoms with Gasteiger partial charge in [0.1, 0.15) is 0 Å². The number of carbonyl (C=O) groups excluding carboxylic acids is 1. The molecule has 0 unspecified atom stereocenters. The molecule has 1 aromatic heterocycles. The molecule has 2 rings (SSSR count). The fourth-order valence-corrected chi connectivity index (χ4v) is 3.26. The number of anilines is 1. The topological polar surface area (TPSA) is 66.9 Å². The first-order valence-electron chi connectivity index (χ1n) is 6.89. The Bertz CT molecular complexity index is 601. The summed E-state index contributed by atoms with van der Waals surface area (Å²) in [6.07, 6.45) is 2.60. The molecule has 1 amide bonds. The van der Waals surface area contributed by atoms with Crippen LogP contribution >= 0.6 is 23.1 Å². The molecule has 0 radical (unpaired) electrons. The number of nitrogens with zero attached hydrogens (tertiary/aromatic N) is 2. The van der Waals surface area contributed by atoms with Gasteiger partial charge in [0, 0.05) is 13.1 Å². The Morgan fingerprint density at radius 3 is 2.91 bits per heavy atom. The number of hydrogen-bond acceptors (Lipinski definition) is 6. The van der Waals surface area contributed by atoms with Gasteiger partial charge >= 0.3 is 0 Å². The summed E-state index contributed by atoms with van der Waals surface area (Å²) in [5.41, 5.74) is 1.22.